The molecule has 4 aliphatic rings. The summed E-state index contributed by atoms with van der Waals surface area (Å²) in [5.41, 5.74) is -2.56. The normalized spacial score (nSPS) is 37.4. The van der Waals surface area contributed by atoms with Crippen molar-refractivity contribution in [3.63, 3.8) is 0 Å². The molecule has 8 N–H and O–H groups in total. The molecule has 2 saturated carbocycles. The Hall–Kier alpha value is -2.09. The van der Waals surface area contributed by atoms with Crippen LogP contribution in [0.3, 0.4) is 0 Å². The number of nitrogens with one attached hydrogen (secondary N) is 1. The first kappa shape index (κ1) is 40.7. The minimum Gasteiger partial charge on any atom is -0.480 e. The van der Waals surface area contributed by atoms with Crippen molar-refractivity contribution in [1.82, 2.24) is 5.32 Å². The number of esters is 1. The van der Waals surface area contributed by atoms with Crippen LogP contribution in [0.1, 0.15) is 120 Å². The highest BCUT2D eigenvalue weighted by atomic mass is 16.6. The van der Waals surface area contributed by atoms with E-state index in [1.807, 2.05) is 13.8 Å². The molecule has 11 atom stereocenters. The Balaban J connectivity index is 1.55. The van der Waals surface area contributed by atoms with Crippen LogP contribution in [0.2, 0.25) is 0 Å². The molecule has 12 heteroatoms. The molecule has 1 amide bonds. The molecule has 50 heavy (non-hydrogen) atoms. The fraction of sp³-hybridized carbons (Fsp3) is 0.868. The fourth-order valence-corrected chi connectivity index (χ4v) is 11.1. The Morgan fingerprint density at radius 3 is 2.20 bits per heavy atom. The minimum absolute atomic E-state index is 0.00290. The van der Waals surface area contributed by atoms with Crippen LogP contribution in [0.25, 0.3) is 0 Å². The number of carbonyl (C=O) groups is 3. The van der Waals surface area contributed by atoms with Crippen molar-refractivity contribution in [2.45, 2.75) is 155 Å². The van der Waals surface area contributed by atoms with Gasteiger partial charge in [0.1, 0.15) is 12.6 Å². The largest absolute Gasteiger partial charge is 0.480 e. The minimum atomic E-state index is -1.79. The molecule has 0 aromatic heterocycles. The highest BCUT2D eigenvalue weighted by molar-refractivity contribution is 5.82. The highest BCUT2D eigenvalue weighted by Gasteiger charge is 2.67. The Bertz CT molecular complexity index is 1340. The highest BCUT2D eigenvalue weighted by Crippen LogP contribution is 2.72. The van der Waals surface area contributed by atoms with Gasteiger partial charge in [-0.05, 0) is 101 Å². The molecule has 11 unspecified atom stereocenters. The van der Waals surface area contributed by atoms with Gasteiger partial charge in [0, 0.05) is 17.4 Å². The van der Waals surface area contributed by atoms with Crippen LogP contribution < -0.4 is 5.32 Å². The van der Waals surface area contributed by atoms with E-state index in [-0.39, 0.29) is 29.8 Å². The summed E-state index contributed by atoms with van der Waals surface area (Å²) in [7, 11) is 0. The Morgan fingerprint density at radius 2 is 1.62 bits per heavy atom. The summed E-state index contributed by atoms with van der Waals surface area (Å²) in [6.45, 7) is 14.3. The zero-order valence-electron chi connectivity index (χ0n) is 31.3. The quantitative estimate of drug-likeness (QED) is 0.103. The van der Waals surface area contributed by atoms with Crippen LogP contribution in [0.5, 0.6) is 0 Å². The molecular weight excluding hydrogens is 646 g/mol. The number of aliphatic hydroxyl groups excluding tert-OH is 4. The zero-order valence-corrected chi connectivity index (χ0v) is 31.3. The van der Waals surface area contributed by atoms with Crippen LogP contribution in [-0.2, 0) is 19.1 Å². The van der Waals surface area contributed by atoms with Gasteiger partial charge in [0.15, 0.2) is 0 Å². The number of amides is 1. The van der Waals surface area contributed by atoms with E-state index >= 15 is 0 Å². The van der Waals surface area contributed by atoms with Crippen molar-refractivity contribution < 1.29 is 54.9 Å². The van der Waals surface area contributed by atoms with E-state index in [4.69, 9.17) is 9.84 Å². The number of carboxylic acids is 1. The number of aliphatic hydroxyl groups is 6. The lowest BCUT2D eigenvalue weighted by Crippen LogP contribution is -2.62. The molecule has 0 aromatic rings. The summed E-state index contributed by atoms with van der Waals surface area (Å²) in [6.07, 6.45) is 0.358. The van der Waals surface area contributed by atoms with Crippen LogP contribution in [-0.4, -0.2) is 102 Å². The first-order chi connectivity index (χ1) is 22.8. The van der Waals surface area contributed by atoms with Gasteiger partial charge in [-0.3, -0.25) is 14.4 Å². The van der Waals surface area contributed by atoms with E-state index in [1.54, 1.807) is 13.8 Å². The van der Waals surface area contributed by atoms with Crippen LogP contribution >= 0.6 is 0 Å². The second-order valence-electron chi connectivity index (χ2n) is 18.2. The van der Waals surface area contributed by atoms with Gasteiger partial charge >= 0.3 is 11.9 Å². The lowest BCUT2D eigenvalue weighted by Gasteiger charge is -2.64. The van der Waals surface area contributed by atoms with Gasteiger partial charge in [0.25, 0.3) is 0 Å². The lowest BCUT2D eigenvalue weighted by atomic mass is 9.42. The van der Waals surface area contributed by atoms with E-state index in [9.17, 15) is 45.0 Å². The second-order valence-corrected chi connectivity index (χ2v) is 18.2. The molecule has 0 aliphatic heterocycles. The average Bonchev–Trinajstić information content (AvgIpc) is 3.26. The molecule has 286 valence electrons. The molecule has 2 fully saturated rings. The first-order valence-corrected chi connectivity index (χ1v) is 18.4. The van der Waals surface area contributed by atoms with Gasteiger partial charge in [-0.2, -0.15) is 0 Å². The van der Waals surface area contributed by atoms with Gasteiger partial charge < -0.3 is 45.8 Å². The number of allylic oxidation sites excluding steroid dienone is 1. The third-order valence-electron chi connectivity index (χ3n) is 14.0. The molecule has 0 saturated heterocycles. The number of aliphatic carboxylic acids is 1. The summed E-state index contributed by atoms with van der Waals surface area (Å²) in [5, 5.41) is 76.9. The van der Waals surface area contributed by atoms with Crippen LogP contribution in [0.4, 0.5) is 0 Å². The van der Waals surface area contributed by atoms with Gasteiger partial charge in [0.2, 0.25) is 5.91 Å². The van der Waals surface area contributed by atoms with Crippen LogP contribution in [0.15, 0.2) is 11.1 Å². The summed E-state index contributed by atoms with van der Waals surface area (Å²) in [6, 6.07) is 0. The molecule has 0 spiro atoms. The van der Waals surface area contributed by atoms with Gasteiger partial charge in [0.05, 0.1) is 42.4 Å². The maximum Gasteiger partial charge on any atom is 0.322 e. The predicted molar refractivity (Wildman–Crippen MR) is 184 cm³/mol. The Labute approximate surface area is 296 Å². The number of carbonyl (C=O) groups excluding carboxylic acids is 2. The summed E-state index contributed by atoms with van der Waals surface area (Å²) < 4.78 is 5.91. The van der Waals surface area contributed by atoms with E-state index in [0.717, 1.165) is 25.7 Å². The van der Waals surface area contributed by atoms with E-state index in [0.29, 0.717) is 25.7 Å². The number of fused-ring (bicyclic) bond motifs is 4. The van der Waals surface area contributed by atoms with Gasteiger partial charge in [-0.15, -0.1) is 0 Å². The topological polar surface area (TPSA) is 214 Å². The van der Waals surface area contributed by atoms with E-state index in [2.05, 4.69) is 26.1 Å². The van der Waals surface area contributed by atoms with E-state index in [1.165, 1.54) is 18.1 Å². The predicted octanol–water partition coefficient (Wildman–Crippen LogP) is 2.84. The molecule has 4 aliphatic carbocycles. The smallest absolute Gasteiger partial charge is 0.322 e. The molecule has 0 radical (unpaired) electrons. The van der Waals surface area contributed by atoms with Crippen molar-refractivity contribution in [2.75, 3.05) is 13.2 Å². The Kier molecular flexibility index (Phi) is 11.4. The Morgan fingerprint density at radius 1 is 0.980 bits per heavy atom. The molecule has 0 aromatic carbocycles. The zero-order chi connectivity index (χ0) is 37.8. The number of hydrogen-bond donors (Lipinski definition) is 8. The van der Waals surface area contributed by atoms with Crippen molar-refractivity contribution in [3.8, 4) is 0 Å². The first-order valence-electron chi connectivity index (χ1n) is 18.4. The molecule has 0 bridgehead atoms. The van der Waals surface area contributed by atoms with Gasteiger partial charge in [-0.1, -0.05) is 45.8 Å². The molecule has 0 heterocycles. The summed E-state index contributed by atoms with van der Waals surface area (Å²) in [5.74, 6) is -2.84. The standard InChI is InChI=1S/C38H63NO11/c1-33(2)26-11-10-23-24(15-28(43)38(8)22(13-14-37(23,38)7)21(20-40)9-12-27(42)34(3,4)48)36(26,6)16-25(41)32(33)50-31(47)18-35(5,49)17-29(44)39-19-30(45)46/h21-22,25-28,32,40-43,48-49H,9-20H2,1-8H3,(H,39,44)(H,45,46). The molecule has 4 rings (SSSR count). The molecular formula is C38H63NO11. The van der Waals surface area contributed by atoms with E-state index < -0.39 is 89.1 Å². The summed E-state index contributed by atoms with van der Waals surface area (Å²) >= 11 is 0. The monoisotopic (exact) mass is 709 g/mol. The maximum absolute atomic E-state index is 13.2. The maximum atomic E-state index is 13.2. The number of carboxylic acid groups (broad SMARTS) is 1. The van der Waals surface area contributed by atoms with Crippen molar-refractivity contribution >= 4 is 17.8 Å². The van der Waals surface area contributed by atoms with Crippen LogP contribution in [0, 0.1) is 39.4 Å². The summed E-state index contributed by atoms with van der Waals surface area (Å²) in [4.78, 5) is 36.0. The fourth-order valence-electron chi connectivity index (χ4n) is 11.1. The van der Waals surface area contributed by atoms with Crippen molar-refractivity contribution in [3.05, 3.63) is 11.1 Å². The van der Waals surface area contributed by atoms with Crippen molar-refractivity contribution in [1.29, 1.82) is 0 Å². The molecule has 12 nitrogen and oxygen atoms in total. The van der Waals surface area contributed by atoms with Gasteiger partial charge in [-0.25, -0.2) is 0 Å². The average molecular weight is 710 g/mol. The number of hydrogen-bond acceptors (Lipinski definition) is 10. The van der Waals surface area contributed by atoms with Crippen molar-refractivity contribution in [2.24, 2.45) is 39.4 Å². The third-order valence-corrected chi connectivity index (χ3v) is 14.0. The third kappa shape index (κ3) is 7.26. The lowest BCUT2D eigenvalue weighted by molar-refractivity contribution is -0.198. The number of ether oxygens (including phenoxy) is 1. The SMILES string of the molecule is CC(O)(CC(=O)NCC(=O)O)CC(=O)OC1C(O)CC2(C)C3=C(CCC2C1(C)C)C1(C)CCC(C(CO)CCC(O)C(C)(C)O)C1(C)C(O)C3. The number of rotatable bonds is 13. The second kappa shape index (κ2) is 14.0.